The van der Waals surface area contributed by atoms with E-state index in [4.69, 9.17) is 4.98 Å². The second-order valence-corrected chi connectivity index (χ2v) is 7.95. The van der Waals surface area contributed by atoms with Crippen LogP contribution in [0, 0.1) is 13.8 Å². The third-order valence-corrected chi connectivity index (χ3v) is 5.88. The van der Waals surface area contributed by atoms with E-state index in [0.717, 1.165) is 47.8 Å². The van der Waals surface area contributed by atoms with Crippen LogP contribution >= 0.6 is 0 Å². The van der Waals surface area contributed by atoms with Gasteiger partial charge in [0.1, 0.15) is 0 Å². The highest BCUT2D eigenvalue weighted by molar-refractivity contribution is 5.97. The van der Waals surface area contributed by atoms with E-state index in [1.165, 1.54) is 5.56 Å². The number of H-pyrrole nitrogens is 1. The molecule has 1 fully saturated rings. The van der Waals surface area contributed by atoms with Gasteiger partial charge in [-0.1, -0.05) is 0 Å². The number of aryl methyl sites for hydroxylation is 3. The Kier molecular flexibility index (Phi) is 5.04. The van der Waals surface area contributed by atoms with E-state index in [9.17, 15) is 9.90 Å². The van der Waals surface area contributed by atoms with Crippen LogP contribution in [0.25, 0.3) is 11.0 Å². The van der Waals surface area contributed by atoms with Gasteiger partial charge in [-0.3, -0.25) is 9.89 Å². The Balaban J connectivity index is 1.51. The number of nitrogens with one attached hydrogen (secondary N) is 1. The fraction of sp³-hybridized carbons (Fsp3) is 0.476. The number of aromatic nitrogens is 4. The van der Waals surface area contributed by atoms with Crippen LogP contribution in [0.4, 0.5) is 5.95 Å². The third kappa shape index (κ3) is 3.60. The SMILES string of the molecule is Cc1n[nH]c(C)c1CCN(C)C(=O)c1ccc2c(c1)nc(N1CCC(O)C1)n2C. The number of benzene rings is 1. The topological polar surface area (TPSA) is 90.3 Å². The summed E-state index contributed by atoms with van der Waals surface area (Å²) in [5.41, 5.74) is 5.61. The maximum atomic E-state index is 12.9. The lowest BCUT2D eigenvalue weighted by atomic mass is 10.1. The number of hydrogen-bond donors (Lipinski definition) is 2. The van der Waals surface area contributed by atoms with Gasteiger partial charge in [0.2, 0.25) is 5.95 Å². The minimum atomic E-state index is -0.303. The van der Waals surface area contributed by atoms with Crippen LogP contribution in [-0.2, 0) is 13.5 Å². The number of rotatable bonds is 5. The average molecular weight is 396 g/mol. The van der Waals surface area contributed by atoms with E-state index in [1.54, 1.807) is 4.90 Å². The Hall–Kier alpha value is -2.87. The van der Waals surface area contributed by atoms with Gasteiger partial charge in [-0.05, 0) is 50.5 Å². The highest BCUT2D eigenvalue weighted by atomic mass is 16.3. The van der Waals surface area contributed by atoms with Crippen molar-refractivity contribution in [3.05, 3.63) is 40.7 Å². The first-order chi connectivity index (χ1) is 13.8. The predicted octanol–water partition coefficient (Wildman–Crippen LogP) is 1.80. The number of aliphatic hydroxyl groups excluding tert-OH is 1. The van der Waals surface area contributed by atoms with Crippen molar-refractivity contribution in [3.8, 4) is 0 Å². The molecule has 8 heteroatoms. The van der Waals surface area contributed by atoms with Crippen molar-refractivity contribution in [2.45, 2.75) is 32.8 Å². The van der Waals surface area contributed by atoms with Gasteiger partial charge in [0.05, 0.1) is 22.8 Å². The summed E-state index contributed by atoms with van der Waals surface area (Å²) in [5.74, 6) is 0.815. The molecule has 1 aliphatic rings. The monoisotopic (exact) mass is 396 g/mol. The molecular weight excluding hydrogens is 368 g/mol. The van der Waals surface area contributed by atoms with Crippen LogP contribution in [0.15, 0.2) is 18.2 Å². The van der Waals surface area contributed by atoms with Crippen molar-refractivity contribution in [1.29, 1.82) is 0 Å². The molecule has 1 aromatic carbocycles. The fourth-order valence-corrected chi connectivity index (χ4v) is 4.07. The van der Waals surface area contributed by atoms with Crippen molar-refractivity contribution in [3.63, 3.8) is 0 Å². The second kappa shape index (κ2) is 7.51. The fourth-order valence-electron chi connectivity index (χ4n) is 4.07. The molecule has 0 aliphatic carbocycles. The first kappa shape index (κ1) is 19.4. The molecule has 1 saturated heterocycles. The normalized spacial score (nSPS) is 16.7. The van der Waals surface area contributed by atoms with E-state index in [2.05, 4.69) is 15.1 Å². The van der Waals surface area contributed by atoms with Gasteiger partial charge in [0.25, 0.3) is 5.91 Å². The molecule has 154 valence electrons. The third-order valence-electron chi connectivity index (χ3n) is 5.88. The number of aliphatic hydroxyl groups is 1. The highest BCUT2D eigenvalue weighted by Crippen LogP contribution is 2.25. The number of imidazole rings is 1. The molecule has 0 radical (unpaired) electrons. The minimum Gasteiger partial charge on any atom is -0.391 e. The maximum Gasteiger partial charge on any atom is 0.253 e. The molecule has 1 amide bonds. The van der Waals surface area contributed by atoms with Crippen molar-refractivity contribution >= 4 is 22.9 Å². The summed E-state index contributed by atoms with van der Waals surface area (Å²) in [6.45, 7) is 5.99. The van der Waals surface area contributed by atoms with Crippen molar-refractivity contribution in [2.24, 2.45) is 7.05 Å². The zero-order valence-electron chi connectivity index (χ0n) is 17.4. The number of amides is 1. The largest absolute Gasteiger partial charge is 0.391 e. The number of carbonyl (C=O) groups is 1. The molecule has 3 aromatic rings. The maximum absolute atomic E-state index is 12.9. The van der Waals surface area contributed by atoms with Crippen LogP contribution < -0.4 is 4.90 Å². The van der Waals surface area contributed by atoms with E-state index in [1.807, 2.05) is 50.7 Å². The average Bonchev–Trinajstić information content (AvgIpc) is 3.37. The number of aromatic amines is 1. The van der Waals surface area contributed by atoms with Crippen molar-refractivity contribution in [1.82, 2.24) is 24.6 Å². The first-order valence-electron chi connectivity index (χ1n) is 10.0. The predicted molar refractivity (Wildman–Crippen MR) is 112 cm³/mol. The Morgan fingerprint density at radius 1 is 1.38 bits per heavy atom. The number of nitrogens with zero attached hydrogens (tertiary/aromatic N) is 5. The zero-order chi connectivity index (χ0) is 20.7. The number of fused-ring (bicyclic) bond motifs is 1. The summed E-state index contributed by atoms with van der Waals surface area (Å²) >= 11 is 0. The quantitative estimate of drug-likeness (QED) is 0.686. The smallest absolute Gasteiger partial charge is 0.253 e. The molecule has 2 N–H and O–H groups in total. The molecule has 0 spiro atoms. The molecule has 0 bridgehead atoms. The Morgan fingerprint density at radius 3 is 2.83 bits per heavy atom. The molecule has 8 nitrogen and oxygen atoms in total. The van der Waals surface area contributed by atoms with Gasteiger partial charge in [-0.15, -0.1) is 0 Å². The minimum absolute atomic E-state index is 0.0190. The standard InChI is InChI=1S/C21H28N6O2/c1-13-17(14(2)24-23-13)8-9-25(3)20(29)15-5-6-19-18(11-15)22-21(26(19)4)27-10-7-16(28)12-27/h5-6,11,16,28H,7-10,12H2,1-4H3,(H,23,24). The summed E-state index contributed by atoms with van der Waals surface area (Å²) in [5, 5.41) is 17.0. The molecule has 4 rings (SSSR count). The van der Waals surface area contributed by atoms with Gasteiger partial charge in [0, 0.05) is 45.0 Å². The van der Waals surface area contributed by atoms with Gasteiger partial charge >= 0.3 is 0 Å². The second-order valence-electron chi connectivity index (χ2n) is 7.95. The molecule has 3 heterocycles. The van der Waals surface area contributed by atoms with Crippen molar-refractivity contribution in [2.75, 3.05) is 31.6 Å². The van der Waals surface area contributed by atoms with Crippen LogP contribution in [-0.4, -0.2) is 68.4 Å². The summed E-state index contributed by atoms with van der Waals surface area (Å²) in [4.78, 5) is 21.5. The van der Waals surface area contributed by atoms with Crippen molar-refractivity contribution < 1.29 is 9.90 Å². The van der Waals surface area contributed by atoms with E-state index < -0.39 is 0 Å². The lowest BCUT2D eigenvalue weighted by Crippen LogP contribution is -2.29. The molecule has 0 saturated carbocycles. The zero-order valence-corrected chi connectivity index (χ0v) is 17.4. The number of anilines is 1. The summed E-state index contributed by atoms with van der Waals surface area (Å²) in [6, 6.07) is 5.67. The van der Waals surface area contributed by atoms with Gasteiger partial charge in [-0.2, -0.15) is 5.10 Å². The lowest BCUT2D eigenvalue weighted by Gasteiger charge is -2.17. The van der Waals surface area contributed by atoms with Crippen LogP contribution in [0.2, 0.25) is 0 Å². The van der Waals surface area contributed by atoms with Crippen LogP contribution in [0.3, 0.4) is 0 Å². The Bertz CT molecular complexity index is 1030. The molecule has 1 unspecified atom stereocenters. The lowest BCUT2D eigenvalue weighted by molar-refractivity contribution is 0.0796. The molecule has 29 heavy (non-hydrogen) atoms. The first-order valence-corrected chi connectivity index (χ1v) is 10.0. The number of hydrogen-bond acceptors (Lipinski definition) is 5. The van der Waals surface area contributed by atoms with E-state index in [-0.39, 0.29) is 12.0 Å². The number of β-amino-alcohol motifs (C(OH)–C–C–N with tert-alkyl or cyclic N) is 1. The summed E-state index contributed by atoms with van der Waals surface area (Å²) < 4.78 is 2.02. The molecular formula is C21H28N6O2. The molecule has 1 aliphatic heterocycles. The number of carbonyl (C=O) groups excluding carboxylic acids is 1. The van der Waals surface area contributed by atoms with Gasteiger partial charge in [0.15, 0.2) is 0 Å². The highest BCUT2D eigenvalue weighted by Gasteiger charge is 2.24. The van der Waals surface area contributed by atoms with Gasteiger partial charge < -0.3 is 19.5 Å². The van der Waals surface area contributed by atoms with Crippen LogP contribution in [0.5, 0.6) is 0 Å². The summed E-state index contributed by atoms with van der Waals surface area (Å²) in [7, 11) is 3.80. The van der Waals surface area contributed by atoms with E-state index >= 15 is 0 Å². The van der Waals surface area contributed by atoms with E-state index in [0.29, 0.717) is 18.7 Å². The Labute approximate surface area is 170 Å². The summed E-state index contributed by atoms with van der Waals surface area (Å²) in [6.07, 6.45) is 1.22. The Morgan fingerprint density at radius 2 is 2.17 bits per heavy atom. The number of likely N-dealkylation sites (N-methyl/N-ethyl adjacent to an activating group) is 1. The van der Waals surface area contributed by atoms with Crippen LogP contribution in [0.1, 0.15) is 33.7 Å². The van der Waals surface area contributed by atoms with Gasteiger partial charge in [-0.25, -0.2) is 4.98 Å². The molecule has 1 atom stereocenters. The molecule has 2 aromatic heterocycles.